The second kappa shape index (κ2) is 6.76. The van der Waals surface area contributed by atoms with Crippen LogP contribution >= 0.6 is 19.7 Å². The van der Waals surface area contributed by atoms with Gasteiger partial charge in [-0.2, -0.15) is 14.0 Å². The van der Waals surface area contributed by atoms with Crippen LogP contribution in [0, 0.1) is 11.3 Å². The molecule has 7 heteroatoms. The van der Waals surface area contributed by atoms with Crippen LogP contribution in [0.2, 0.25) is 0 Å². The van der Waals surface area contributed by atoms with Crippen molar-refractivity contribution in [2.24, 2.45) is 0 Å². The molecule has 1 aromatic heterocycles. The fourth-order valence-corrected chi connectivity index (χ4v) is 4.22. The van der Waals surface area contributed by atoms with Crippen molar-refractivity contribution < 1.29 is 17.8 Å². The molecular weight excluding hydrogens is 315 g/mol. The first-order chi connectivity index (χ1) is 10.0. The maximum absolute atomic E-state index is 14.5. The van der Waals surface area contributed by atoms with Crippen molar-refractivity contribution in [3.8, 4) is 6.07 Å². The van der Waals surface area contributed by atoms with Crippen molar-refractivity contribution in [3.63, 3.8) is 0 Å². The maximum Gasteiger partial charge on any atom is 0.348 e. The number of nitrogens with zero attached hydrogens (tertiary/aromatic N) is 1. The number of hydrogen-bond donors (Lipinski definition) is 0. The molecule has 0 radical (unpaired) electrons. The van der Waals surface area contributed by atoms with Crippen molar-refractivity contribution in [2.45, 2.75) is 19.5 Å². The number of halogens is 2. The quantitative estimate of drug-likeness (QED) is 0.683. The average Bonchev–Trinajstić information content (AvgIpc) is 2.90. The van der Waals surface area contributed by atoms with Crippen LogP contribution in [-0.2, 0) is 14.7 Å². The molecule has 0 saturated heterocycles. The summed E-state index contributed by atoms with van der Waals surface area (Å²) >= 11 is 0.969. The van der Waals surface area contributed by atoms with E-state index >= 15 is 0 Å². The third-order valence-corrected chi connectivity index (χ3v) is 5.67. The summed E-state index contributed by atoms with van der Waals surface area (Å²) in [5.74, 6) is 0. The van der Waals surface area contributed by atoms with E-state index in [9.17, 15) is 8.78 Å². The number of rotatable bonds is 6. The number of fused-ring (bicyclic) bond motifs is 1. The number of hydrogen-bond acceptors (Lipinski definition) is 4. The molecule has 21 heavy (non-hydrogen) atoms. The molecule has 0 aliphatic carbocycles. The van der Waals surface area contributed by atoms with E-state index in [2.05, 4.69) is 0 Å². The van der Waals surface area contributed by atoms with E-state index in [1.165, 1.54) is 6.07 Å². The van der Waals surface area contributed by atoms with Crippen LogP contribution in [0.25, 0.3) is 10.1 Å². The zero-order chi connectivity index (χ0) is 15.5. The van der Waals surface area contributed by atoms with Gasteiger partial charge < -0.3 is 9.05 Å². The minimum Gasteiger partial charge on any atom is -0.330 e. The van der Waals surface area contributed by atoms with Gasteiger partial charge in [0.25, 0.3) is 8.38 Å². The summed E-state index contributed by atoms with van der Waals surface area (Å²) in [6, 6.07) is 8.35. The van der Waals surface area contributed by atoms with Gasteiger partial charge in [0.05, 0.1) is 29.7 Å². The van der Waals surface area contributed by atoms with Gasteiger partial charge in [0.15, 0.2) is 0 Å². The summed E-state index contributed by atoms with van der Waals surface area (Å²) in [7, 11) is -2.32. The van der Waals surface area contributed by atoms with Gasteiger partial charge in [-0.15, -0.1) is 11.3 Å². The molecule has 0 aliphatic rings. The van der Waals surface area contributed by atoms with Gasteiger partial charge in [0.1, 0.15) is 0 Å². The molecule has 0 atom stereocenters. The predicted molar refractivity (Wildman–Crippen MR) is 80.6 cm³/mol. The van der Waals surface area contributed by atoms with Gasteiger partial charge in [-0.1, -0.05) is 6.07 Å². The molecule has 1 aromatic carbocycles. The second-order valence-corrected chi connectivity index (χ2v) is 6.79. The van der Waals surface area contributed by atoms with Crippen molar-refractivity contribution in [2.75, 3.05) is 13.2 Å². The van der Waals surface area contributed by atoms with E-state index in [4.69, 9.17) is 14.3 Å². The Balaban J connectivity index is 2.40. The number of benzene rings is 1. The van der Waals surface area contributed by atoms with Crippen molar-refractivity contribution >= 4 is 29.8 Å². The molecule has 0 fully saturated rings. The Kier molecular flexibility index (Phi) is 5.23. The minimum atomic E-state index is -3.17. The van der Waals surface area contributed by atoms with Crippen molar-refractivity contribution in [1.82, 2.24) is 0 Å². The molecule has 0 aliphatic heterocycles. The number of nitriles is 1. The molecule has 0 bridgehead atoms. The Labute approximate surface area is 127 Å². The predicted octanol–water partition coefficient (Wildman–Crippen LogP) is 5.21. The van der Waals surface area contributed by atoms with Crippen LogP contribution in [0.5, 0.6) is 0 Å². The molecule has 1 heterocycles. The van der Waals surface area contributed by atoms with Crippen LogP contribution < -0.4 is 0 Å². The third kappa shape index (κ3) is 3.38. The Hall–Kier alpha value is -1.12. The van der Waals surface area contributed by atoms with Crippen LogP contribution in [0.3, 0.4) is 0 Å². The molecule has 0 saturated carbocycles. The molecule has 112 valence electrons. The smallest absolute Gasteiger partial charge is 0.330 e. The zero-order valence-electron chi connectivity index (χ0n) is 11.6. The van der Waals surface area contributed by atoms with Crippen molar-refractivity contribution in [1.29, 1.82) is 5.26 Å². The molecule has 3 nitrogen and oxygen atoms in total. The molecule has 2 aromatic rings. The summed E-state index contributed by atoms with van der Waals surface area (Å²) in [4.78, 5) is -0.0967. The summed E-state index contributed by atoms with van der Waals surface area (Å²) < 4.78 is 39.9. The fraction of sp³-hybridized carbons (Fsp3) is 0.357. The van der Waals surface area contributed by atoms with E-state index in [1.54, 1.807) is 32.0 Å². The van der Waals surface area contributed by atoms with E-state index in [0.717, 1.165) is 11.3 Å². The standard InChI is InChI=1S/C14H14F2NO2PS/c1-3-18-20(19-4-2)14(15,16)13-8-11-6-5-10(9-17)7-12(11)21-13/h5-8H,3-4H2,1-2H3. The van der Waals surface area contributed by atoms with E-state index in [1.807, 2.05) is 6.07 Å². The largest absolute Gasteiger partial charge is 0.348 e. The van der Waals surface area contributed by atoms with E-state index < -0.39 is 14.0 Å². The number of thiophene rings is 1. The fourth-order valence-electron chi connectivity index (χ4n) is 1.77. The van der Waals surface area contributed by atoms with Gasteiger partial charge in [0, 0.05) is 4.70 Å². The van der Waals surface area contributed by atoms with Crippen molar-refractivity contribution in [3.05, 3.63) is 34.7 Å². The number of alkyl halides is 2. The summed E-state index contributed by atoms with van der Waals surface area (Å²) in [5.41, 5.74) is -2.71. The maximum atomic E-state index is 14.5. The van der Waals surface area contributed by atoms with Gasteiger partial charge in [-0.05, 0) is 37.4 Å². The van der Waals surface area contributed by atoms with Gasteiger partial charge >= 0.3 is 5.66 Å². The second-order valence-electron chi connectivity index (χ2n) is 4.11. The topological polar surface area (TPSA) is 42.2 Å². The van der Waals surface area contributed by atoms with E-state index in [0.29, 0.717) is 15.6 Å². The van der Waals surface area contributed by atoms with Gasteiger partial charge in [0.2, 0.25) is 0 Å². The highest BCUT2D eigenvalue weighted by Gasteiger charge is 2.46. The SMILES string of the molecule is CCOP(OCC)C(F)(F)c1cc2ccc(C#N)cc2s1. The first-order valence-corrected chi connectivity index (χ1v) is 8.40. The highest BCUT2D eigenvalue weighted by Crippen LogP contribution is 2.61. The third-order valence-electron chi connectivity index (χ3n) is 2.67. The molecule has 0 amide bonds. The Bertz CT molecular complexity index is 663. The lowest BCUT2D eigenvalue weighted by atomic mass is 10.2. The minimum absolute atomic E-state index is 0.0967. The zero-order valence-corrected chi connectivity index (χ0v) is 13.3. The summed E-state index contributed by atoms with van der Waals surface area (Å²) in [5, 5.41) is 9.55. The normalized spacial score (nSPS) is 12.0. The highest BCUT2D eigenvalue weighted by molar-refractivity contribution is 7.48. The van der Waals surface area contributed by atoms with Gasteiger partial charge in [-0.3, -0.25) is 0 Å². The van der Waals surface area contributed by atoms with Gasteiger partial charge in [-0.25, -0.2) is 0 Å². The lowest BCUT2D eigenvalue weighted by Crippen LogP contribution is -2.13. The average molecular weight is 329 g/mol. The molecule has 0 unspecified atom stereocenters. The summed E-state index contributed by atoms with van der Waals surface area (Å²) in [6.07, 6.45) is 0. The first-order valence-electron chi connectivity index (χ1n) is 6.41. The Morgan fingerprint density at radius 3 is 2.48 bits per heavy atom. The van der Waals surface area contributed by atoms with Crippen LogP contribution in [0.4, 0.5) is 8.78 Å². The Morgan fingerprint density at radius 1 is 1.24 bits per heavy atom. The monoisotopic (exact) mass is 329 g/mol. The molecule has 0 spiro atoms. The summed E-state index contributed by atoms with van der Waals surface area (Å²) in [6.45, 7) is 3.67. The van der Waals surface area contributed by atoms with Crippen LogP contribution in [0.1, 0.15) is 24.3 Å². The lowest BCUT2D eigenvalue weighted by Gasteiger charge is -2.23. The first kappa shape index (κ1) is 16.3. The highest BCUT2D eigenvalue weighted by atomic mass is 32.1. The molecular formula is C14H14F2NO2PS. The molecule has 2 rings (SSSR count). The van der Waals surface area contributed by atoms with Crippen LogP contribution in [0.15, 0.2) is 24.3 Å². The van der Waals surface area contributed by atoms with E-state index in [-0.39, 0.29) is 18.1 Å². The Morgan fingerprint density at radius 2 is 1.90 bits per heavy atom. The molecule has 0 N–H and O–H groups in total. The lowest BCUT2D eigenvalue weighted by molar-refractivity contribution is 0.0606. The van der Waals surface area contributed by atoms with Crippen LogP contribution in [-0.4, -0.2) is 13.2 Å².